The summed E-state index contributed by atoms with van der Waals surface area (Å²) in [6, 6.07) is 0. The molecule has 3 heteroatoms. The molecule has 0 atom stereocenters. The topological polar surface area (TPSA) is 43.7 Å². The van der Waals surface area contributed by atoms with Gasteiger partial charge in [-0.3, -0.25) is 0 Å². The van der Waals surface area contributed by atoms with Gasteiger partial charge >= 0.3 is 0 Å². The Balaban J connectivity index is 2.25. The molecule has 0 amide bonds. The van der Waals surface area contributed by atoms with E-state index in [9.17, 15) is 0 Å². The SMILES string of the molecule is CC(C)CN1CC(CO)(CO)C1. The largest absolute Gasteiger partial charge is 0.396 e. The molecule has 0 spiro atoms. The molecule has 0 radical (unpaired) electrons. The van der Waals surface area contributed by atoms with Crippen molar-refractivity contribution >= 4 is 0 Å². The number of rotatable bonds is 4. The van der Waals surface area contributed by atoms with Crippen molar-refractivity contribution in [3.63, 3.8) is 0 Å². The van der Waals surface area contributed by atoms with Gasteiger partial charge < -0.3 is 15.1 Å². The molecule has 3 nitrogen and oxygen atoms in total. The van der Waals surface area contributed by atoms with Crippen LogP contribution in [0.3, 0.4) is 0 Å². The Morgan fingerprint density at radius 1 is 1.25 bits per heavy atom. The summed E-state index contributed by atoms with van der Waals surface area (Å²) in [6.45, 7) is 7.34. The van der Waals surface area contributed by atoms with Crippen LogP contribution in [0, 0.1) is 11.3 Å². The van der Waals surface area contributed by atoms with Gasteiger partial charge in [-0.2, -0.15) is 0 Å². The van der Waals surface area contributed by atoms with Gasteiger partial charge in [0.2, 0.25) is 0 Å². The Bertz CT molecular complexity index is 135. The van der Waals surface area contributed by atoms with Crippen molar-refractivity contribution in [3.8, 4) is 0 Å². The number of nitrogens with zero attached hydrogens (tertiary/aromatic N) is 1. The lowest BCUT2D eigenvalue weighted by molar-refractivity contribution is -0.0784. The quantitative estimate of drug-likeness (QED) is 0.625. The molecule has 1 aliphatic heterocycles. The average Bonchev–Trinajstić information content (AvgIpc) is 1.95. The summed E-state index contributed by atoms with van der Waals surface area (Å²) in [7, 11) is 0. The van der Waals surface area contributed by atoms with Crippen molar-refractivity contribution in [1.29, 1.82) is 0 Å². The van der Waals surface area contributed by atoms with E-state index in [0.29, 0.717) is 5.92 Å². The highest BCUT2D eigenvalue weighted by Gasteiger charge is 2.41. The van der Waals surface area contributed by atoms with Crippen LogP contribution >= 0.6 is 0 Å². The van der Waals surface area contributed by atoms with E-state index in [1.54, 1.807) is 0 Å². The lowest BCUT2D eigenvalue weighted by atomic mass is 9.81. The molecule has 1 fully saturated rings. The molecular weight excluding hydrogens is 154 g/mol. The fourth-order valence-corrected chi connectivity index (χ4v) is 1.80. The third-order valence-corrected chi connectivity index (χ3v) is 2.41. The number of hydrogen-bond donors (Lipinski definition) is 2. The molecule has 0 aromatic heterocycles. The zero-order chi connectivity index (χ0) is 9.19. The van der Waals surface area contributed by atoms with Gasteiger partial charge in [-0.05, 0) is 5.92 Å². The van der Waals surface area contributed by atoms with Crippen molar-refractivity contribution in [3.05, 3.63) is 0 Å². The van der Waals surface area contributed by atoms with Crippen LogP contribution in [-0.4, -0.2) is 48.0 Å². The summed E-state index contributed by atoms with van der Waals surface area (Å²) in [5, 5.41) is 18.0. The molecular formula is C9H19NO2. The normalized spacial score (nSPS) is 22.8. The van der Waals surface area contributed by atoms with Crippen molar-refractivity contribution < 1.29 is 10.2 Å². The van der Waals surface area contributed by atoms with Crippen molar-refractivity contribution in [2.45, 2.75) is 13.8 Å². The van der Waals surface area contributed by atoms with Gasteiger partial charge in [0, 0.05) is 25.0 Å². The van der Waals surface area contributed by atoms with E-state index < -0.39 is 0 Å². The molecule has 12 heavy (non-hydrogen) atoms. The zero-order valence-electron chi connectivity index (χ0n) is 7.95. The van der Waals surface area contributed by atoms with Crippen LogP contribution in [0.2, 0.25) is 0 Å². The van der Waals surface area contributed by atoms with Crippen LogP contribution in [0.15, 0.2) is 0 Å². The van der Waals surface area contributed by atoms with E-state index in [2.05, 4.69) is 18.7 Å². The minimum absolute atomic E-state index is 0.109. The second kappa shape index (κ2) is 3.73. The van der Waals surface area contributed by atoms with Crippen LogP contribution in [0.1, 0.15) is 13.8 Å². The molecule has 0 unspecified atom stereocenters. The Labute approximate surface area is 74.0 Å². The monoisotopic (exact) mass is 173 g/mol. The molecule has 0 bridgehead atoms. The van der Waals surface area contributed by atoms with Crippen LogP contribution < -0.4 is 0 Å². The third-order valence-electron chi connectivity index (χ3n) is 2.41. The van der Waals surface area contributed by atoms with E-state index in [0.717, 1.165) is 19.6 Å². The number of hydrogen-bond acceptors (Lipinski definition) is 3. The van der Waals surface area contributed by atoms with Crippen molar-refractivity contribution in [2.24, 2.45) is 11.3 Å². The van der Waals surface area contributed by atoms with Gasteiger partial charge in [-0.15, -0.1) is 0 Å². The summed E-state index contributed by atoms with van der Waals surface area (Å²) < 4.78 is 0. The first kappa shape index (κ1) is 9.96. The lowest BCUT2D eigenvalue weighted by Crippen LogP contribution is -2.60. The Morgan fingerprint density at radius 3 is 2.08 bits per heavy atom. The minimum atomic E-state index is -0.200. The Hall–Kier alpha value is -0.120. The van der Waals surface area contributed by atoms with Gasteiger partial charge in [0.15, 0.2) is 0 Å². The minimum Gasteiger partial charge on any atom is -0.396 e. The average molecular weight is 173 g/mol. The van der Waals surface area contributed by atoms with Gasteiger partial charge in [0.25, 0.3) is 0 Å². The highest BCUT2D eigenvalue weighted by Crippen LogP contribution is 2.29. The molecule has 1 aliphatic rings. The van der Waals surface area contributed by atoms with Crippen LogP contribution in [0.4, 0.5) is 0 Å². The molecule has 1 rings (SSSR count). The van der Waals surface area contributed by atoms with Crippen LogP contribution in [-0.2, 0) is 0 Å². The van der Waals surface area contributed by atoms with Crippen LogP contribution in [0.25, 0.3) is 0 Å². The summed E-state index contributed by atoms with van der Waals surface area (Å²) in [6.07, 6.45) is 0. The molecule has 0 aromatic rings. The summed E-state index contributed by atoms with van der Waals surface area (Å²) in [5.41, 5.74) is -0.200. The van der Waals surface area contributed by atoms with Gasteiger partial charge in [-0.25, -0.2) is 0 Å². The summed E-state index contributed by atoms with van der Waals surface area (Å²) in [4.78, 5) is 2.27. The molecule has 1 saturated heterocycles. The van der Waals surface area contributed by atoms with Gasteiger partial charge in [-0.1, -0.05) is 13.8 Å². The number of likely N-dealkylation sites (tertiary alicyclic amines) is 1. The first-order valence-electron chi connectivity index (χ1n) is 4.56. The maximum Gasteiger partial charge on any atom is 0.0534 e. The molecule has 72 valence electrons. The maximum absolute atomic E-state index is 9.00. The molecule has 0 aromatic carbocycles. The smallest absolute Gasteiger partial charge is 0.0534 e. The van der Waals surface area contributed by atoms with E-state index in [-0.39, 0.29) is 18.6 Å². The zero-order valence-corrected chi connectivity index (χ0v) is 7.95. The highest BCUT2D eigenvalue weighted by molar-refractivity contribution is 4.94. The third kappa shape index (κ3) is 1.97. The predicted octanol–water partition coefficient (Wildman–Crippen LogP) is -0.0710. The van der Waals surface area contributed by atoms with E-state index in [4.69, 9.17) is 10.2 Å². The fourth-order valence-electron chi connectivity index (χ4n) is 1.80. The highest BCUT2D eigenvalue weighted by atomic mass is 16.3. The first-order chi connectivity index (χ1) is 5.62. The van der Waals surface area contributed by atoms with Gasteiger partial charge in [0.1, 0.15) is 0 Å². The van der Waals surface area contributed by atoms with Gasteiger partial charge in [0.05, 0.1) is 13.2 Å². The number of aliphatic hydroxyl groups excluding tert-OH is 2. The number of aliphatic hydroxyl groups is 2. The standard InChI is InChI=1S/C9H19NO2/c1-8(2)3-10-4-9(5-10,6-11)7-12/h8,11-12H,3-7H2,1-2H3. The Kier molecular flexibility index (Phi) is 3.09. The molecule has 1 heterocycles. The van der Waals surface area contributed by atoms with Crippen molar-refractivity contribution in [2.75, 3.05) is 32.8 Å². The second-order valence-electron chi connectivity index (χ2n) is 4.38. The Morgan fingerprint density at radius 2 is 1.75 bits per heavy atom. The first-order valence-corrected chi connectivity index (χ1v) is 4.56. The molecule has 0 saturated carbocycles. The summed E-state index contributed by atoms with van der Waals surface area (Å²) >= 11 is 0. The summed E-state index contributed by atoms with van der Waals surface area (Å²) in [5.74, 6) is 0.667. The molecule has 0 aliphatic carbocycles. The lowest BCUT2D eigenvalue weighted by Gasteiger charge is -2.48. The van der Waals surface area contributed by atoms with E-state index in [1.165, 1.54) is 0 Å². The maximum atomic E-state index is 9.00. The van der Waals surface area contributed by atoms with E-state index >= 15 is 0 Å². The molecule has 2 N–H and O–H groups in total. The predicted molar refractivity (Wildman–Crippen MR) is 47.9 cm³/mol. The van der Waals surface area contributed by atoms with E-state index in [1.807, 2.05) is 0 Å². The van der Waals surface area contributed by atoms with Crippen molar-refractivity contribution in [1.82, 2.24) is 4.90 Å². The fraction of sp³-hybridized carbons (Fsp3) is 1.00. The second-order valence-corrected chi connectivity index (χ2v) is 4.38. The van der Waals surface area contributed by atoms with Crippen LogP contribution in [0.5, 0.6) is 0 Å².